The van der Waals surface area contributed by atoms with Gasteiger partial charge in [-0.15, -0.1) is 0 Å². The molecule has 0 aliphatic rings. The van der Waals surface area contributed by atoms with Gasteiger partial charge in [0.25, 0.3) is 0 Å². The lowest BCUT2D eigenvalue weighted by Gasteiger charge is -2.10. The quantitative estimate of drug-likeness (QED) is 0.438. The van der Waals surface area contributed by atoms with E-state index in [4.69, 9.17) is 0 Å². The fourth-order valence-electron chi connectivity index (χ4n) is 3.90. The highest BCUT2D eigenvalue weighted by Gasteiger charge is 2.20. The van der Waals surface area contributed by atoms with Crippen molar-refractivity contribution in [2.75, 3.05) is 19.4 Å². The van der Waals surface area contributed by atoms with E-state index in [0.29, 0.717) is 23.4 Å². The number of carbonyl (C=O) groups excluding carboxylic acids is 1. The van der Waals surface area contributed by atoms with Crippen molar-refractivity contribution in [3.05, 3.63) is 65.7 Å². The summed E-state index contributed by atoms with van der Waals surface area (Å²) < 4.78 is 29.7. The van der Waals surface area contributed by atoms with Crippen molar-refractivity contribution < 1.29 is 13.2 Å². The minimum Gasteiger partial charge on any atom is -0.331 e. The van der Waals surface area contributed by atoms with E-state index < -0.39 is 10.0 Å². The summed E-state index contributed by atoms with van der Waals surface area (Å²) in [5.41, 5.74) is 4.62. The minimum atomic E-state index is -3.55. The molecular weight excluding hydrogens is 452 g/mol. The van der Waals surface area contributed by atoms with Crippen LogP contribution in [0.3, 0.4) is 0 Å². The average Bonchev–Trinajstić information content (AvgIpc) is 3.28. The molecule has 4 aromatic rings. The lowest BCUT2D eigenvalue weighted by Crippen LogP contribution is -2.22. The largest absolute Gasteiger partial charge is 0.331 e. The van der Waals surface area contributed by atoms with Gasteiger partial charge in [0.05, 0.1) is 38.7 Å². The van der Waals surface area contributed by atoms with Gasteiger partial charge in [-0.3, -0.25) is 4.79 Å². The first kappa shape index (κ1) is 23.7. The van der Waals surface area contributed by atoms with Gasteiger partial charge in [-0.1, -0.05) is 18.2 Å². The van der Waals surface area contributed by atoms with Crippen molar-refractivity contribution in [1.82, 2.24) is 23.6 Å². The van der Waals surface area contributed by atoms with E-state index in [1.54, 1.807) is 18.2 Å². The molecule has 34 heavy (non-hydrogen) atoms. The molecule has 0 bridgehead atoms. The normalized spacial score (nSPS) is 11.9. The van der Waals surface area contributed by atoms with Gasteiger partial charge in [0.15, 0.2) is 0 Å². The number of sulfonamides is 1. The Bertz CT molecular complexity index is 1470. The highest BCUT2D eigenvalue weighted by atomic mass is 32.2. The topological polar surface area (TPSA) is 102 Å². The number of nitrogens with zero attached hydrogens (tertiary/aromatic N) is 5. The number of benzene rings is 2. The molecule has 0 atom stereocenters. The van der Waals surface area contributed by atoms with Crippen LogP contribution in [-0.4, -0.2) is 52.1 Å². The van der Waals surface area contributed by atoms with Gasteiger partial charge in [-0.25, -0.2) is 22.4 Å². The zero-order chi connectivity index (χ0) is 24.6. The SMILES string of the molecule is Cc1nn(-c2ccccc2)c(C)c1NC(=O)CCc1nc2cc(S(=O)(=O)N(C)C)ccc2n1C. The number of fused-ring (bicyclic) bond motifs is 1. The van der Waals surface area contributed by atoms with Crippen LogP contribution in [0.1, 0.15) is 23.6 Å². The van der Waals surface area contributed by atoms with E-state index in [0.717, 1.165) is 22.6 Å². The van der Waals surface area contributed by atoms with Crippen LogP contribution in [0.25, 0.3) is 16.7 Å². The molecule has 2 heterocycles. The smallest absolute Gasteiger partial charge is 0.242 e. The zero-order valence-corrected chi connectivity index (χ0v) is 20.7. The fourth-order valence-corrected chi connectivity index (χ4v) is 4.82. The molecule has 4 rings (SSSR count). The van der Waals surface area contributed by atoms with E-state index >= 15 is 0 Å². The average molecular weight is 481 g/mol. The second-order valence-corrected chi connectivity index (χ2v) is 10.5. The minimum absolute atomic E-state index is 0.137. The first-order chi connectivity index (χ1) is 16.1. The number of aromatic nitrogens is 4. The molecule has 0 radical (unpaired) electrons. The molecule has 10 heteroatoms. The van der Waals surface area contributed by atoms with Crippen LogP contribution in [0.5, 0.6) is 0 Å². The number of aryl methyl sites for hydroxylation is 3. The Morgan fingerprint density at radius 2 is 1.79 bits per heavy atom. The number of hydrogen-bond acceptors (Lipinski definition) is 5. The molecule has 0 aliphatic carbocycles. The van der Waals surface area contributed by atoms with Crippen molar-refractivity contribution in [3.8, 4) is 5.69 Å². The van der Waals surface area contributed by atoms with Gasteiger partial charge in [-0.05, 0) is 44.2 Å². The maximum absolute atomic E-state index is 12.8. The van der Waals surface area contributed by atoms with Crippen molar-refractivity contribution in [2.24, 2.45) is 7.05 Å². The fraction of sp³-hybridized carbons (Fsp3) is 0.292. The third-order valence-electron chi connectivity index (χ3n) is 5.86. The van der Waals surface area contributed by atoms with Gasteiger partial charge in [-0.2, -0.15) is 5.10 Å². The maximum atomic E-state index is 12.8. The summed E-state index contributed by atoms with van der Waals surface area (Å²) in [5.74, 6) is 0.569. The Kier molecular flexibility index (Phi) is 6.28. The van der Waals surface area contributed by atoms with E-state index in [1.165, 1.54) is 18.4 Å². The van der Waals surface area contributed by atoms with Gasteiger partial charge in [0.1, 0.15) is 5.82 Å². The van der Waals surface area contributed by atoms with Gasteiger partial charge in [0.2, 0.25) is 15.9 Å². The molecule has 0 aliphatic heterocycles. The summed E-state index contributed by atoms with van der Waals surface area (Å²) in [6.07, 6.45) is 0.646. The Morgan fingerprint density at radius 3 is 2.47 bits per heavy atom. The number of nitrogens with one attached hydrogen (secondary N) is 1. The lowest BCUT2D eigenvalue weighted by molar-refractivity contribution is -0.116. The molecule has 1 amide bonds. The van der Waals surface area contributed by atoms with Crippen LogP contribution in [0.15, 0.2) is 53.4 Å². The number of para-hydroxylation sites is 1. The monoisotopic (exact) mass is 480 g/mol. The van der Waals surface area contributed by atoms with E-state index in [2.05, 4.69) is 15.4 Å². The first-order valence-corrected chi connectivity index (χ1v) is 12.3. The summed E-state index contributed by atoms with van der Waals surface area (Å²) in [4.78, 5) is 17.5. The highest BCUT2D eigenvalue weighted by molar-refractivity contribution is 7.89. The van der Waals surface area contributed by atoms with Crippen LogP contribution in [-0.2, 0) is 28.3 Å². The second kappa shape index (κ2) is 9.03. The predicted molar refractivity (Wildman–Crippen MR) is 132 cm³/mol. The van der Waals surface area contributed by atoms with Crippen LogP contribution in [0.4, 0.5) is 5.69 Å². The first-order valence-electron chi connectivity index (χ1n) is 10.9. The highest BCUT2D eigenvalue weighted by Crippen LogP contribution is 2.24. The third kappa shape index (κ3) is 4.34. The van der Waals surface area contributed by atoms with Crippen LogP contribution >= 0.6 is 0 Å². The molecule has 2 aromatic heterocycles. The van der Waals surface area contributed by atoms with Crippen molar-refractivity contribution in [2.45, 2.75) is 31.6 Å². The summed E-state index contributed by atoms with van der Waals surface area (Å²) >= 11 is 0. The predicted octanol–water partition coefficient (Wildman–Crippen LogP) is 3.20. The Labute approximate surface area is 199 Å². The molecule has 0 spiro atoms. The molecular formula is C24H28N6O3S. The lowest BCUT2D eigenvalue weighted by atomic mass is 10.2. The van der Waals surface area contributed by atoms with Crippen LogP contribution in [0, 0.1) is 13.8 Å². The molecule has 178 valence electrons. The number of hydrogen-bond donors (Lipinski definition) is 1. The standard InChI is InChI=1S/C24H28N6O3S/c1-16-24(17(2)30(27-16)18-9-7-6-8-10-18)26-23(31)14-13-22-25-20-15-19(34(32,33)28(3)4)11-12-21(20)29(22)5/h6-12,15H,13-14H2,1-5H3,(H,26,31). The van der Waals surface area contributed by atoms with Crippen LogP contribution < -0.4 is 5.32 Å². The number of anilines is 1. The summed E-state index contributed by atoms with van der Waals surface area (Å²) in [5, 5.41) is 7.56. The van der Waals surface area contributed by atoms with E-state index in [1.807, 2.05) is 60.5 Å². The Hall–Kier alpha value is -3.50. The Morgan fingerprint density at radius 1 is 1.09 bits per heavy atom. The van der Waals surface area contributed by atoms with E-state index in [9.17, 15) is 13.2 Å². The zero-order valence-electron chi connectivity index (χ0n) is 19.9. The van der Waals surface area contributed by atoms with Crippen molar-refractivity contribution in [1.29, 1.82) is 0 Å². The van der Waals surface area contributed by atoms with Gasteiger partial charge in [0, 0.05) is 34.0 Å². The van der Waals surface area contributed by atoms with E-state index in [-0.39, 0.29) is 17.2 Å². The number of imidazole rings is 1. The summed E-state index contributed by atoms with van der Waals surface area (Å²) in [6, 6.07) is 14.6. The summed E-state index contributed by atoms with van der Waals surface area (Å²) in [6.45, 7) is 3.79. The molecule has 0 fully saturated rings. The number of rotatable bonds is 7. The molecule has 1 N–H and O–H groups in total. The number of amides is 1. The number of carbonyl (C=O) groups is 1. The van der Waals surface area contributed by atoms with Crippen molar-refractivity contribution in [3.63, 3.8) is 0 Å². The second-order valence-electron chi connectivity index (χ2n) is 8.37. The van der Waals surface area contributed by atoms with Gasteiger partial charge < -0.3 is 9.88 Å². The molecule has 0 saturated heterocycles. The molecule has 2 aromatic carbocycles. The molecule has 0 unspecified atom stereocenters. The van der Waals surface area contributed by atoms with Crippen molar-refractivity contribution >= 4 is 32.7 Å². The van der Waals surface area contributed by atoms with Gasteiger partial charge >= 0.3 is 0 Å². The molecule has 0 saturated carbocycles. The summed E-state index contributed by atoms with van der Waals surface area (Å²) in [7, 11) is 1.31. The molecule has 9 nitrogen and oxygen atoms in total. The third-order valence-corrected chi connectivity index (χ3v) is 7.67. The Balaban J connectivity index is 1.50. The maximum Gasteiger partial charge on any atom is 0.242 e. The van der Waals surface area contributed by atoms with Crippen LogP contribution in [0.2, 0.25) is 0 Å².